The lowest BCUT2D eigenvalue weighted by molar-refractivity contribution is -0.127. The van der Waals surface area contributed by atoms with Crippen LogP contribution in [0.1, 0.15) is 39.6 Å². The molecule has 0 heterocycles. The summed E-state index contributed by atoms with van der Waals surface area (Å²) >= 11 is 0. The fourth-order valence-corrected chi connectivity index (χ4v) is 2.43. The average molecular weight is 365 g/mol. The molecule has 3 N–H and O–H groups in total. The topological polar surface area (TPSA) is 92.5 Å². The van der Waals surface area contributed by atoms with E-state index in [2.05, 4.69) is 11.9 Å². The fourth-order valence-electron chi connectivity index (χ4n) is 2.43. The quantitative estimate of drug-likeness (QED) is 0.187. The number of ketones is 1. The number of hydrogen-bond acceptors (Lipinski definition) is 4. The summed E-state index contributed by atoms with van der Waals surface area (Å²) in [5, 5.41) is 3.84. The predicted octanol–water partition coefficient (Wildman–Crippen LogP) is 2.32. The molecule has 0 saturated heterocycles. The average Bonchev–Trinajstić information content (AvgIpc) is 2.70. The largest absolute Gasteiger partial charge is 0.352 e. The normalized spacial score (nSPS) is 10.1. The Balaban J connectivity index is 1.84. The molecular weight excluding hydrogens is 342 g/mol. The minimum absolute atomic E-state index is 0.0900. The van der Waals surface area contributed by atoms with E-state index in [1.54, 1.807) is 55.5 Å². The number of amides is 2. The minimum atomic E-state index is -0.319. The second-order valence-electron chi connectivity index (χ2n) is 6.16. The van der Waals surface area contributed by atoms with Gasteiger partial charge in [-0.15, -0.1) is 0 Å². The van der Waals surface area contributed by atoms with Gasteiger partial charge in [0.15, 0.2) is 5.78 Å². The number of nitrogens with one attached hydrogen (secondary N) is 1. The van der Waals surface area contributed by atoms with Crippen LogP contribution in [0.2, 0.25) is 0 Å². The van der Waals surface area contributed by atoms with E-state index >= 15 is 0 Å². The number of carbonyl (C=O) groups excluding carboxylic acids is 3. The molecule has 0 aliphatic carbocycles. The van der Waals surface area contributed by atoms with Crippen LogP contribution in [0.25, 0.3) is 0 Å². The second kappa shape index (κ2) is 9.45. The minimum Gasteiger partial charge on any atom is -0.352 e. The van der Waals surface area contributed by atoms with Gasteiger partial charge in [0.25, 0.3) is 11.8 Å². The van der Waals surface area contributed by atoms with Crippen LogP contribution in [-0.4, -0.2) is 35.7 Å². The van der Waals surface area contributed by atoms with E-state index in [0.717, 1.165) is 5.01 Å². The van der Waals surface area contributed by atoms with Crippen LogP contribution in [0, 0.1) is 0 Å². The Hall–Kier alpha value is -3.25. The lowest BCUT2D eigenvalue weighted by Crippen LogP contribution is -2.39. The molecule has 6 nitrogen and oxygen atoms in total. The molecule has 0 radical (unpaired) electrons. The Bertz CT molecular complexity index is 830. The van der Waals surface area contributed by atoms with Gasteiger partial charge in [0, 0.05) is 35.4 Å². The molecule has 2 aromatic rings. The standard InChI is InChI=1S/C21H23N3O3/c1-15(2)21(27)24(22)14-6-13-23-20(26)18-11-9-17(10-12-18)19(25)16-7-4-3-5-8-16/h3-5,7-12H,1,6,13-14,22H2,2H3,(H,23,26). The molecule has 0 bridgehead atoms. The molecule has 27 heavy (non-hydrogen) atoms. The summed E-state index contributed by atoms with van der Waals surface area (Å²) in [7, 11) is 0. The molecule has 0 aliphatic rings. The molecule has 0 saturated carbocycles. The molecule has 6 heteroatoms. The summed E-state index contributed by atoms with van der Waals surface area (Å²) in [6.45, 7) is 5.83. The Labute approximate surface area is 158 Å². The number of nitrogens with zero attached hydrogens (tertiary/aromatic N) is 1. The SMILES string of the molecule is C=C(C)C(=O)N(N)CCCNC(=O)c1ccc(C(=O)c2ccccc2)cc1. The van der Waals surface area contributed by atoms with Crippen molar-refractivity contribution in [3.8, 4) is 0 Å². The van der Waals surface area contributed by atoms with Crippen molar-refractivity contribution in [2.45, 2.75) is 13.3 Å². The van der Waals surface area contributed by atoms with Gasteiger partial charge >= 0.3 is 0 Å². The fraction of sp³-hybridized carbons (Fsp3) is 0.190. The highest BCUT2D eigenvalue weighted by atomic mass is 16.2. The molecule has 0 aliphatic heterocycles. The van der Waals surface area contributed by atoms with Crippen molar-refractivity contribution in [1.82, 2.24) is 10.3 Å². The molecule has 0 spiro atoms. The molecule has 2 amide bonds. The van der Waals surface area contributed by atoms with Gasteiger partial charge in [-0.1, -0.05) is 49.0 Å². The summed E-state index contributed by atoms with van der Waals surface area (Å²) in [6.07, 6.45) is 0.520. The van der Waals surface area contributed by atoms with Crippen molar-refractivity contribution in [2.75, 3.05) is 13.1 Å². The van der Waals surface area contributed by atoms with E-state index < -0.39 is 0 Å². The van der Waals surface area contributed by atoms with Crippen molar-refractivity contribution in [3.05, 3.63) is 83.4 Å². The van der Waals surface area contributed by atoms with Gasteiger partial charge in [-0.2, -0.15) is 0 Å². The highest BCUT2D eigenvalue weighted by Gasteiger charge is 2.12. The van der Waals surface area contributed by atoms with Gasteiger partial charge in [-0.05, 0) is 25.5 Å². The maximum absolute atomic E-state index is 12.4. The molecule has 2 aromatic carbocycles. The zero-order chi connectivity index (χ0) is 19.8. The van der Waals surface area contributed by atoms with Crippen molar-refractivity contribution < 1.29 is 14.4 Å². The molecular formula is C21H23N3O3. The Morgan fingerprint density at radius 1 is 0.963 bits per heavy atom. The number of benzene rings is 2. The zero-order valence-corrected chi connectivity index (χ0v) is 15.3. The van der Waals surface area contributed by atoms with Crippen molar-refractivity contribution in [2.24, 2.45) is 5.84 Å². The van der Waals surface area contributed by atoms with Crippen molar-refractivity contribution in [1.29, 1.82) is 0 Å². The molecule has 2 rings (SSSR count). The summed E-state index contributed by atoms with van der Waals surface area (Å²) in [4.78, 5) is 36.1. The van der Waals surface area contributed by atoms with Crippen molar-refractivity contribution in [3.63, 3.8) is 0 Å². The molecule has 0 unspecified atom stereocenters. The molecule has 0 fully saturated rings. The lowest BCUT2D eigenvalue weighted by atomic mass is 10.0. The van der Waals surface area contributed by atoms with E-state index in [-0.39, 0.29) is 17.6 Å². The molecule has 140 valence electrons. The van der Waals surface area contributed by atoms with Gasteiger partial charge in [0.1, 0.15) is 0 Å². The number of rotatable bonds is 8. The third-order valence-corrected chi connectivity index (χ3v) is 3.93. The smallest absolute Gasteiger partial charge is 0.262 e. The van der Waals surface area contributed by atoms with Crippen LogP contribution in [-0.2, 0) is 4.79 Å². The van der Waals surface area contributed by atoms with Crippen LogP contribution >= 0.6 is 0 Å². The molecule has 0 aromatic heterocycles. The maximum atomic E-state index is 12.4. The highest BCUT2D eigenvalue weighted by molar-refractivity contribution is 6.09. The Morgan fingerprint density at radius 2 is 1.52 bits per heavy atom. The summed E-state index contributed by atoms with van der Waals surface area (Å²) in [5.41, 5.74) is 1.95. The first-order chi connectivity index (χ1) is 12.9. The number of hydrazine groups is 1. The van der Waals surface area contributed by atoms with Crippen molar-refractivity contribution >= 4 is 17.6 Å². The Kier molecular flexibility index (Phi) is 7.02. The predicted molar refractivity (Wildman–Crippen MR) is 104 cm³/mol. The van der Waals surface area contributed by atoms with E-state index in [0.29, 0.717) is 41.8 Å². The van der Waals surface area contributed by atoms with E-state index in [1.807, 2.05) is 6.07 Å². The third kappa shape index (κ3) is 5.62. The lowest BCUT2D eigenvalue weighted by Gasteiger charge is -2.16. The zero-order valence-electron chi connectivity index (χ0n) is 15.3. The highest BCUT2D eigenvalue weighted by Crippen LogP contribution is 2.11. The maximum Gasteiger partial charge on any atom is 0.262 e. The first-order valence-electron chi connectivity index (χ1n) is 8.60. The van der Waals surface area contributed by atoms with E-state index in [1.165, 1.54) is 0 Å². The summed E-state index contributed by atoms with van der Waals surface area (Å²) in [6, 6.07) is 15.5. The second-order valence-corrected chi connectivity index (χ2v) is 6.16. The van der Waals surface area contributed by atoms with Gasteiger partial charge in [0.05, 0.1) is 0 Å². The van der Waals surface area contributed by atoms with Gasteiger partial charge < -0.3 is 5.32 Å². The van der Waals surface area contributed by atoms with Crippen LogP contribution in [0.4, 0.5) is 0 Å². The van der Waals surface area contributed by atoms with E-state index in [9.17, 15) is 14.4 Å². The van der Waals surface area contributed by atoms with E-state index in [4.69, 9.17) is 5.84 Å². The summed E-state index contributed by atoms with van der Waals surface area (Å²) in [5.74, 6) is 4.96. The monoisotopic (exact) mass is 365 g/mol. The summed E-state index contributed by atoms with van der Waals surface area (Å²) < 4.78 is 0. The number of carbonyl (C=O) groups is 3. The number of hydrogen-bond donors (Lipinski definition) is 2. The van der Waals surface area contributed by atoms with Crippen LogP contribution in [0.3, 0.4) is 0 Å². The Morgan fingerprint density at radius 3 is 2.11 bits per heavy atom. The van der Waals surface area contributed by atoms with Gasteiger partial charge in [-0.25, -0.2) is 5.84 Å². The van der Waals surface area contributed by atoms with Gasteiger partial charge in [0.2, 0.25) is 0 Å². The first-order valence-corrected chi connectivity index (χ1v) is 8.60. The van der Waals surface area contributed by atoms with Crippen LogP contribution < -0.4 is 11.2 Å². The van der Waals surface area contributed by atoms with Crippen LogP contribution in [0.5, 0.6) is 0 Å². The van der Waals surface area contributed by atoms with Gasteiger partial charge in [-0.3, -0.25) is 19.4 Å². The number of nitrogens with two attached hydrogens (primary N) is 1. The first kappa shape index (κ1) is 20.1. The third-order valence-electron chi connectivity index (χ3n) is 3.93. The molecule has 0 atom stereocenters. The van der Waals surface area contributed by atoms with Crippen LogP contribution in [0.15, 0.2) is 66.7 Å².